The number of hydrogen-bond donors (Lipinski definition) is 0. The fraction of sp³-hybridized carbons (Fsp3) is 0.385. The molecule has 0 spiro atoms. The van der Waals surface area contributed by atoms with Crippen molar-refractivity contribution in [2.75, 3.05) is 11.5 Å². The van der Waals surface area contributed by atoms with Crippen molar-refractivity contribution in [1.82, 2.24) is 0 Å². The number of thioether (sulfide) groups is 1. The standard InChI is InChI=1S/C13H15Cl2OS/c14-12-7-3-6-11(13(12)15)5-1-2-9-17-10-4-8-16/h2-3,6-8H,1,4-5,9-10H2. The van der Waals surface area contributed by atoms with E-state index in [2.05, 4.69) is 6.42 Å². The van der Waals surface area contributed by atoms with Gasteiger partial charge >= 0.3 is 0 Å². The lowest BCUT2D eigenvalue weighted by atomic mass is 10.1. The molecule has 4 heteroatoms. The summed E-state index contributed by atoms with van der Waals surface area (Å²) in [6.07, 6.45) is 5.70. The zero-order valence-electron chi connectivity index (χ0n) is 9.49. The molecule has 0 aliphatic heterocycles. The fourth-order valence-electron chi connectivity index (χ4n) is 1.38. The lowest BCUT2D eigenvalue weighted by Gasteiger charge is -2.05. The number of carbonyl (C=O) groups is 1. The third-order valence-electron chi connectivity index (χ3n) is 2.27. The number of aldehydes is 1. The number of aryl methyl sites for hydroxylation is 1. The van der Waals surface area contributed by atoms with Crippen molar-refractivity contribution in [2.45, 2.75) is 19.3 Å². The molecule has 0 heterocycles. The molecule has 0 aliphatic carbocycles. The van der Waals surface area contributed by atoms with E-state index in [0.29, 0.717) is 16.5 Å². The number of benzene rings is 1. The van der Waals surface area contributed by atoms with E-state index in [0.717, 1.165) is 36.2 Å². The van der Waals surface area contributed by atoms with E-state index in [1.54, 1.807) is 17.8 Å². The molecular weight excluding hydrogens is 275 g/mol. The number of carbonyl (C=O) groups excluding carboxylic acids is 1. The lowest BCUT2D eigenvalue weighted by molar-refractivity contribution is -0.107. The molecule has 1 radical (unpaired) electrons. The summed E-state index contributed by atoms with van der Waals surface area (Å²) in [5.74, 6) is 1.88. The van der Waals surface area contributed by atoms with Crippen LogP contribution in [0.1, 0.15) is 18.4 Å². The Morgan fingerprint density at radius 1 is 1.24 bits per heavy atom. The summed E-state index contributed by atoms with van der Waals surface area (Å²) in [7, 11) is 0. The normalized spacial score (nSPS) is 10.5. The van der Waals surface area contributed by atoms with Gasteiger partial charge in [-0.2, -0.15) is 11.8 Å². The minimum atomic E-state index is 0.615. The third-order valence-corrected chi connectivity index (χ3v) is 4.12. The van der Waals surface area contributed by atoms with Gasteiger partial charge in [0.15, 0.2) is 0 Å². The van der Waals surface area contributed by atoms with Crippen LogP contribution in [-0.4, -0.2) is 17.8 Å². The first-order valence-corrected chi connectivity index (χ1v) is 7.42. The van der Waals surface area contributed by atoms with E-state index in [-0.39, 0.29) is 0 Å². The Morgan fingerprint density at radius 2 is 2.06 bits per heavy atom. The summed E-state index contributed by atoms with van der Waals surface area (Å²) in [4.78, 5) is 10.1. The third kappa shape index (κ3) is 5.80. The molecule has 1 nitrogen and oxygen atoms in total. The second kappa shape index (κ2) is 8.84. The monoisotopic (exact) mass is 289 g/mol. The van der Waals surface area contributed by atoms with Crippen LogP contribution in [0.15, 0.2) is 18.2 Å². The van der Waals surface area contributed by atoms with E-state index < -0.39 is 0 Å². The number of unbranched alkanes of at least 4 members (excludes halogenated alkanes) is 1. The molecule has 0 saturated carbocycles. The van der Waals surface area contributed by atoms with E-state index in [1.165, 1.54) is 0 Å². The quantitative estimate of drug-likeness (QED) is 0.519. The summed E-state index contributed by atoms with van der Waals surface area (Å²) in [6.45, 7) is 0. The van der Waals surface area contributed by atoms with Gasteiger partial charge in [-0.25, -0.2) is 0 Å². The van der Waals surface area contributed by atoms with Crippen molar-refractivity contribution < 1.29 is 4.79 Å². The minimum absolute atomic E-state index is 0.615. The average molecular weight is 290 g/mol. The van der Waals surface area contributed by atoms with Crippen molar-refractivity contribution in [2.24, 2.45) is 0 Å². The molecule has 0 N–H and O–H groups in total. The SMILES string of the molecule is O=CCCSC[CH]CCc1cccc(Cl)c1Cl. The van der Waals surface area contributed by atoms with Gasteiger partial charge in [-0.1, -0.05) is 35.3 Å². The van der Waals surface area contributed by atoms with E-state index in [9.17, 15) is 4.79 Å². The maximum absolute atomic E-state index is 10.1. The first-order chi connectivity index (χ1) is 8.25. The van der Waals surface area contributed by atoms with Crippen LogP contribution in [0.5, 0.6) is 0 Å². The van der Waals surface area contributed by atoms with Crippen molar-refractivity contribution in [1.29, 1.82) is 0 Å². The maximum atomic E-state index is 10.1. The van der Waals surface area contributed by atoms with Crippen molar-refractivity contribution in [3.05, 3.63) is 40.2 Å². The first-order valence-electron chi connectivity index (χ1n) is 5.51. The zero-order valence-corrected chi connectivity index (χ0v) is 11.8. The van der Waals surface area contributed by atoms with Crippen LogP contribution >= 0.6 is 35.0 Å². The van der Waals surface area contributed by atoms with Crippen LogP contribution in [0.2, 0.25) is 10.0 Å². The minimum Gasteiger partial charge on any atom is -0.303 e. The number of hydrogen-bond acceptors (Lipinski definition) is 2. The molecule has 0 bridgehead atoms. The van der Waals surface area contributed by atoms with E-state index in [1.807, 2.05) is 12.1 Å². The molecule has 0 saturated heterocycles. The highest BCUT2D eigenvalue weighted by atomic mass is 35.5. The molecule has 0 fully saturated rings. The molecule has 1 aromatic carbocycles. The van der Waals surface area contributed by atoms with Gasteiger partial charge in [-0.05, 0) is 42.4 Å². The Kier molecular flexibility index (Phi) is 7.74. The van der Waals surface area contributed by atoms with Crippen LogP contribution in [0.25, 0.3) is 0 Å². The predicted octanol–water partition coefficient (Wildman–Crippen LogP) is 4.45. The molecule has 93 valence electrons. The van der Waals surface area contributed by atoms with Crippen molar-refractivity contribution in [3.63, 3.8) is 0 Å². The highest BCUT2D eigenvalue weighted by Crippen LogP contribution is 2.26. The Bertz CT molecular complexity index is 355. The van der Waals surface area contributed by atoms with Crippen LogP contribution in [-0.2, 0) is 11.2 Å². The average Bonchev–Trinajstić information content (AvgIpc) is 2.33. The van der Waals surface area contributed by atoms with Gasteiger partial charge in [0.2, 0.25) is 0 Å². The summed E-state index contributed by atoms with van der Waals surface area (Å²) >= 11 is 13.8. The predicted molar refractivity (Wildman–Crippen MR) is 77.1 cm³/mol. The van der Waals surface area contributed by atoms with Crippen LogP contribution in [0.4, 0.5) is 0 Å². The summed E-state index contributed by atoms with van der Waals surface area (Å²) in [6, 6.07) is 5.72. The van der Waals surface area contributed by atoms with Crippen LogP contribution < -0.4 is 0 Å². The van der Waals surface area contributed by atoms with Gasteiger partial charge in [0.25, 0.3) is 0 Å². The molecule has 1 rings (SSSR count). The zero-order chi connectivity index (χ0) is 12.5. The molecular formula is C13H15Cl2OS. The lowest BCUT2D eigenvalue weighted by Crippen LogP contribution is -1.91. The molecule has 0 atom stereocenters. The highest BCUT2D eigenvalue weighted by Gasteiger charge is 2.03. The van der Waals surface area contributed by atoms with Gasteiger partial charge in [0.1, 0.15) is 6.29 Å². The van der Waals surface area contributed by atoms with Crippen LogP contribution in [0, 0.1) is 6.42 Å². The maximum Gasteiger partial charge on any atom is 0.120 e. The van der Waals surface area contributed by atoms with E-state index in [4.69, 9.17) is 23.2 Å². The Morgan fingerprint density at radius 3 is 2.82 bits per heavy atom. The van der Waals surface area contributed by atoms with E-state index >= 15 is 0 Å². The molecule has 0 aliphatic rings. The fourth-order valence-corrected chi connectivity index (χ4v) is 2.56. The molecule has 0 unspecified atom stereocenters. The summed E-state index contributed by atoms with van der Waals surface area (Å²) in [5, 5.41) is 1.28. The number of rotatable bonds is 8. The van der Waals surface area contributed by atoms with Gasteiger partial charge in [0.05, 0.1) is 10.0 Å². The second-order valence-electron chi connectivity index (χ2n) is 3.57. The van der Waals surface area contributed by atoms with Gasteiger partial charge in [-0.3, -0.25) is 0 Å². The van der Waals surface area contributed by atoms with Gasteiger partial charge in [0, 0.05) is 6.42 Å². The largest absolute Gasteiger partial charge is 0.303 e. The Labute approximate surface area is 117 Å². The Balaban J connectivity index is 2.18. The molecule has 1 aromatic rings. The smallest absolute Gasteiger partial charge is 0.120 e. The summed E-state index contributed by atoms with van der Waals surface area (Å²) in [5.41, 5.74) is 1.09. The van der Waals surface area contributed by atoms with Gasteiger partial charge in [-0.15, -0.1) is 0 Å². The number of halogens is 2. The second-order valence-corrected chi connectivity index (χ2v) is 5.51. The molecule has 0 amide bonds. The summed E-state index contributed by atoms with van der Waals surface area (Å²) < 4.78 is 0. The Hall–Kier alpha value is -0.180. The molecule has 17 heavy (non-hydrogen) atoms. The van der Waals surface area contributed by atoms with Crippen LogP contribution in [0.3, 0.4) is 0 Å². The molecule has 0 aromatic heterocycles. The van der Waals surface area contributed by atoms with Gasteiger partial charge < -0.3 is 4.79 Å². The first kappa shape index (κ1) is 14.9. The van der Waals surface area contributed by atoms with Crippen molar-refractivity contribution in [3.8, 4) is 0 Å². The highest BCUT2D eigenvalue weighted by molar-refractivity contribution is 7.99. The topological polar surface area (TPSA) is 17.1 Å². The van der Waals surface area contributed by atoms with Crippen molar-refractivity contribution >= 4 is 41.2 Å².